The van der Waals surface area contributed by atoms with Crippen LogP contribution in [0.5, 0.6) is 0 Å². The largest absolute Gasteiger partial charge is 0.456 e. The fourth-order valence-electron chi connectivity index (χ4n) is 2.19. The fourth-order valence-corrected chi connectivity index (χ4v) is 2.77. The first kappa shape index (κ1) is 15.4. The molecular formula is C16H16N4O2S. The predicted octanol–water partition coefficient (Wildman–Crippen LogP) is 2.87. The number of fused-ring (bicyclic) bond motifs is 1. The summed E-state index contributed by atoms with van der Waals surface area (Å²) in [6.07, 6.45) is 4.85. The van der Waals surface area contributed by atoms with Crippen molar-refractivity contribution >= 4 is 29.2 Å². The molecular weight excluding hydrogens is 312 g/mol. The van der Waals surface area contributed by atoms with E-state index in [0.29, 0.717) is 11.5 Å². The molecule has 0 N–H and O–H groups in total. The van der Waals surface area contributed by atoms with Crippen molar-refractivity contribution in [1.29, 1.82) is 0 Å². The van der Waals surface area contributed by atoms with E-state index in [9.17, 15) is 4.79 Å². The van der Waals surface area contributed by atoms with Crippen LogP contribution in [0.3, 0.4) is 0 Å². The molecule has 3 rings (SSSR count). The predicted molar refractivity (Wildman–Crippen MR) is 88.1 cm³/mol. The van der Waals surface area contributed by atoms with Crippen LogP contribution >= 0.6 is 11.3 Å². The van der Waals surface area contributed by atoms with Gasteiger partial charge < -0.3 is 4.74 Å². The van der Waals surface area contributed by atoms with Crippen molar-refractivity contribution < 1.29 is 9.53 Å². The van der Waals surface area contributed by atoms with Crippen LogP contribution in [0.15, 0.2) is 23.7 Å². The first-order valence-corrected chi connectivity index (χ1v) is 7.98. The normalized spacial score (nSPS) is 11.4. The molecule has 0 fully saturated rings. The molecule has 0 amide bonds. The number of esters is 1. The molecule has 0 spiro atoms. The van der Waals surface area contributed by atoms with Gasteiger partial charge in [-0.05, 0) is 32.9 Å². The zero-order chi connectivity index (χ0) is 16.4. The molecule has 0 aliphatic rings. The Morgan fingerprint density at radius 2 is 2.13 bits per heavy atom. The number of rotatable bonds is 4. The molecule has 0 atom stereocenters. The Kier molecular flexibility index (Phi) is 4.20. The second-order valence-electron chi connectivity index (χ2n) is 5.17. The van der Waals surface area contributed by atoms with Gasteiger partial charge in [0.15, 0.2) is 0 Å². The van der Waals surface area contributed by atoms with E-state index in [1.54, 1.807) is 6.08 Å². The first-order chi connectivity index (χ1) is 11.0. The number of hydrogen-bond donors (Lipinski definition) is 0. The van der Waals surface area contributed by atoms with Crippen LogP contribution in [0.4, 0.5) is 0 Å². The minimum absolute atomic E-state index is 0.112. The number of imidazole rings is 1. The lowest BCUT2D eigenvalue weighted by molar-refractivity contribution is -0.139. The molecule has 0 bridgehead atoms. The number of carbonyl (C=O) groups excluding carboxylic acids is 1. The first-order valence-electron chi connectivity index (χ1n) is 7.10. The van der Waals surface area contributed by atoms with Crippen LogP contribution in [-0.4, -0.2) is 25.3 Å². The van der Waals surface area contributed by atoms with Crippen LogP contribution in [0.25, 0.3) is 11.9 Å². The monoisotopic (exact) mass is 328 g/mol. The summed E-state index contributed by atoms with van der Waals surface area (Å²) >= 11 is 1.54. The molecule has 0 saturated carbocycles. The van der Waals surface area contributed by atoms with E-state index in [1.165, 1.54) is 17.4 Å². The number of aryl methyl sites for hydroxylation is 3. The highest BCUT2D eigenvalue weighted by molar-refractivity contribution is 7.09. The smallest absolute Gasteiger partial charge is 0.331 e. The Bertz CT molecular complexity index is 895. The number of carbonyl (C=O) groups is 1. The minimum atomic E-state index is -0.423. The fraction of sp³-hybridized carbons (Fsp3) is 0.250. The second-order valence-corrected chi connectivity index (χ2v) is 6.24. The number of aromatic nitrogens is 4. The van der Waals surface area contributed by atoms with Gasteiger partial charge in [-0.3, -0.25) is 4.40 Å². The molecule has 0 aromatic carbocycles. The van der Waals surface area contributed by atoms with E-state index in [-0.39, 0.29) is 6.61 Å². The molecule has 0 radical (unpaired) electrons. The number of hydrogen-bond acceptors (Lipinski definition) is 6. The van der Waals surface area contributed by atoms with Crippen molar-refractivity contribution in [2.75, 3.05) is 0 Å². The van der Waals surface area contributed by atoms with E-state index < -0.39 is 5.97 Å². The Hall–Kier alpha value is -2.54. The summed E-state index contributed by atoms with van der Waals surface area (Å²) in [7, 11) is 0. The zero-order valence-electron chi connectivity index (χ0n) is 13.1. The van der Waals surface area contributed by atoms with Crippen molar-refractivity contribution in [1.82, 2.24) is 19.4 Å². The van der Waals surface area contributed by atoms with E-state index in [4.69, 9.17) is 4.74 Å². The lowest BCUT2D eigenvalue weighted by atomic mass is 10.3. The maximum atomic E-state index is 11.7. The van der Waals surface area contributed by atoms with Crippen molar-refractivity contribution in [3.8, 4) is 0 Å². The average Bonchev–Trinajstić information content (AvgIpc) is 3.09. The third kappa shape index (κ3) is 3.62. The van der Waals surface area contributed by atoms with Gasteiger partial charge in [-0.1, -0.05) is 0 Å². The van der Waals surface area contributed by atoms with E-state index in [0.717, 1.165) is 22.1 Å². The molecule has 0 aliphatic heterocycles. The van der Waals surface area contributed by atoms with Crippen LogP contribution in [0.2, 0.25) is 0 Å². The van der Waals surface area contributed by atoms with Gasteiger partial charge in [0.1, 0.15) is 6.61 Å². The summed E-state index contributed by atoms with van der Waals surface area (Å²) in [4.78, 5) is 24.7. The highest BCUT2D eigenvalue weighted by Gasteiger charge is 2.07. The van der Waals surface area contributed by atoms with Gasteiger partial charge in [0.2, 0.25) is 5.78 Å². The highest BCUT2D eigenvalue weighted by Crippen LogP contribution is 2.11. The van der Waals surface area contributed by atoms with E-state index in [2.05, 4.69) is 15.0 Å². The topological polar surface area (TPSA) is 69.4 Å². The van der Waals surface area contributed by atoms with Gasteiger partial charge >= 0.3 is 5.97 Å². The molecule has 23 heavy (non-hydrogen) atoms. The van der Waals surface area contributed by atoms with E-state index in [1.807, 2.05) is 42.8 Å². The number of ether oxygens (including phenoxy) is 1. The van der Waals surface area contributed by atoms with Gasteiger partial charge in [-0.2, -0.15) is 0 Å². The van der Waals surface area contributed by atoms with Gasteiger partial charge in [-0.25, -0.2) is 19.7 Å². The van der Waals surface area contributed by atoms with Crippen LogP contribution in [0.1, 0.15) is 27.8 Å². The second kappa shape index (κ2) is 6.29. The Morgan fingerprint density at radius 3 is 2.87 bits per heavy atom. The third-order valence-electron chi connectivity index (χ3n) is 3.20. The number of nitrogens with zero attached hydrogens (tertiary/aromatic N) is 4. The molecule has 0 aliphatic carbocycles. The third-order valence-corrected chi connectivity index (χ3v) is 3.99. The van der Waals surface area contributed by atoms with Gasteiger partial charge in [-0.15, -0.1) is 11.3 Å². The van der Waals surface area contributed by atoms with Crippen molar-refractivity contribution in [3.63, 3.8) is 0 Å². The van der Waals surface area contributed by atoms with Crippen molar-refractivity contribution in [2.45, 2.75) is 27.4 Å². The summed E-state index contributed by atoms with van der Waals surface area (Å²) in [6.45, 7) is 5.94. The lowest BCUT2D eigenvalue weighted by Gasteiger charge is -1.99. The molecule has 0 saturated heterocycles. The Balaban J connectivity index is 1.65. The highest BCUT2D eigenvalue weighted by atomic mass is 32.1. The standard InChI is InChI=1S/C16H16N4O2S/c1-10-6-11(2)20-7-14(19-16(20)17-10)8-22-15(21)5-4-13-9-23-12(3)18-13/h4-7,9H,8H2,1-3H3/b5-4+. The Labute approximate surface area is 137 Å². The average molecular weight is 328 g/mol. The zero-order valence-corrected chi connectivity index (χ0v) is 13.9. The summed E-state index contributed by atoms with van der Waals surface area (Å²) in [5, 5.41) is 2.85. The molecule has 0 unspecified atom stereocenters. The van der Waals surface area contributed by atoms with Crippen molar-refractivity contribution in [3.05, 3.63) is 51.5 Å². The summed E-state index contributed by atoms with van der Waals surface area (Å²) < 4.78 is 7.08. The molecule has 7 heteroatoms. The number of thiazole rings is 1. The Morgan fingerprint density at radius 1 is 1.30 bits per heavy atom. The quantitative estimate of drug-likeness (QED) is 0.544. The maximum Gasteiger partial charge on any atom is 0.331 e. The lowest BCUT2D eigenvalue weighted by Crippen LogP contribution is -2.00. The summed E-state index contributed by atoms with van der Waals surface area (Å²) in [5.74, 6) is 0.190. The molecule has 6 nitrogen and oxygen atoms in total. The van der Waals surface area contributed by atoms with Crippen LogP contribution in [-0.2, 0) is 16.1 Å². The van der Waals surface area contributed by atoms with Crippen molar-refractivity contribution in [2.24, 2.45) is 0 Å². The molecule has 118 valence electrons. The van der Waals surface area contributed by atoms with Gasteiger partial charge in [0.05, 0.1) is 16.4 Å². The van der Waals surface area contributed by atoms with Crippen LogP contribution < -0.4 is 0 Å². The van der Waals surface area contributed by atoms with Gasteiger partial charge in [0, 0.05) is 29.0 Å². The molecule has 3 aromatic rings. The SMILES string of the molecule is Cc1cc(C)n2cc(COC(=O)/C=C/c3csc(C)n3)nc2n1. The summed E-state index contributed by atoms with van der Waals surface area (Å²) in [5.41, 5.74) is 3.37. The van der Waals surface area contributed by atoms with Crippen LogP contribution in [0, 0.1) is 20.8 Å². The van der Waals surface area contributed by atoms with E-state index >= 15 is 0 Å². The molecule has 3 aromatic heterocycles. The maximum absolute atomic E-state index is 11.7. The molecule has 3 heterocycles. The minimum Gasteiger partial charge on any atom is -0.456 e. The summed E-state index contributed by atoms with van der Waals surface area (Å²) in [6, 6.07) is 1.98. The van der Waals surface area contributed by atoms with Gasteiger partial charge in [0.25, 0.3) is 0 Å².